The number of ketones is 1. The lowest BCUT2D eigenvalue weighted by atomic mass is 9.93. The summed E-state index contributed by atoms with van der Waals surface area (Å²) in [5, 5.41) is 0. The number of carbonyl (C=O) groups excluding carboxylic acids is 1. The van der Waals surface area contributed by atoms with E-state index in [1.807, 2.05) is 0 Å². The summed E-state index contributed by atoms with van der Waals surface area (Å²) in [6, 6.07) is 1.34. The predicted octanol–water partition coefficient (Wildman–Crippen LogP) is 0.971. The molecule has 2 bridgehead atoms. The zero-order chi connectivity index (χ0) is 9.54. The second-order valence-corrected chi connectivity index (χ2v) is 4.81. The first-order valence-electron chi connectivity index (χ1n) is 5.72. The van der Waals surface area contributed by atoms with Crippen LogP contribution < -0.4 is 0 Å². The highest BCUT2D eigenvalue weighted by atomic mass is 16.5. The fourth-order valence-electron chi connectivity index (χ4n) is 3.13. The molecule has 2 saturated heterocycles. The molecule has 0 aromatic heterocycles. The first-order chi connectivity index (χ1) is 6.83. The lowest BCUT2D eigenvalue weighted by Crippen LogP contribution is -2.45. The Balaban J connectivity index is 1.63. The monoisotopic (exact) mass is 195 g/mol. The second-order valence-electron chi connectivity index (χ2n) is 4.81. The first-order valence-corrected chi connectivity index (χ1v) is 5.72. The van der Waals surface area contributed by atoms with Crippen LogP contribution in [0.1, 0.15) is 32.1 Å². The Kier molecular flexibility index (Phi) is 2.10. The molecule has 14 heavy (non-hydrogen) atoms. The number of hydrogen-bond donors (Lipinski definition) is 0. The van der Waals surface area contributed by atoms with Crippen LogP contribution >= 0.6 is 0 Å². The number of likely N-dealkylation sites (tertiary alicyclic amines) is 1. The lowest BCUT2D eigenvalue weighted by Gasteiger charge is -2.36. The molecule has 0 radical (unpaired) electrons. The fraction of sp³-hybridized carbons (Fsp3) is 0.909. The van der Waals surface area contributed by atoms with Gasteiger partial charge < -0.3 is 4.74 Å². The summed E-state index contributed by atoms with van der Waals surface area (Å²) < 4.78 is 5.59. The van der Waals surface area contributed by atoms with Crippen molar-refractivity contribution in [2.45, 2.75) is 50.3 Å². The van der Waals surface area contributed by atoms with E-state index >= 15 is 0 Å². The average molecular weight is 195 g/mol. The minimum atomic E-state index is 0.460. The minimum absolute atomic E-state index is 0.460. The third kappa shape index (κ3) is 1.39. The quantitative estimate of drug-likeness (QED) is 0.624. The van der Waals surface area contributed by atoms with Crippen LogP contribution in [-0.2, 0) is 9.53 Å². The number of Topliss-reactive ketones (excluding diaryl/α,β-unsaturated/α-hetero) is 1. The van der Waals surface area contributed by atoms with Gasteiger partial charge in [0.05, 0.1) is 12.7 Å². The van der Waals surface area contributed by atoms with E-state index in [2.05, 4.69) is 4.90 Å². The molecule has 2 heterocycles. The van der Waals surface area contributed by atoms with E-state index in [4.69, 9.17) is 4.74 Å². The molecule has 3 heteroatoms. The molecule has 1 saturated carbocycles. The maximum atomic E-state index is 11.1. The van der Waals surface area contributed by atoms with Crippen molar-refractivity contribution in [3.8, 4) is 0 Å². The molecule has 3 nitrogen and oxygen atoms in total. The third-order valence-corrected chi connectivity index (χ3v) is 3.92. The maximum Gasteiger partial charge on any atom is 0.133 e. The first kappa shape index (κ1) is 8.86. The standard InChI is InChI=1S/C11H17NO2/c13-10-3-1-8(2-4-10)12-6-11-5-9(12)7-14-11/h8-9,11H,1-7H2. The van der Waals surface area contributed by atoms with Gasteiger partial charge in [0.2, 0.25) is 0 Å². The molecule has 2 aliphatic heterocycles. The van der Waals surface area contributed by atoms with Gasteiger partial charge in [-0.2, -0.15) is 0 Å². The van der Waals surface area contributed by atoms with Crippen LogP contribution in [-0.4, -0.2) is 42.0 Å². The Bertz CT molecular complexity index is 244. The Labute approximate surface area is 84.4 Å². The number of carbonyl (C=O) groups is 1. The molecule has 2 atom stereocenters. The summed E-state index contributed by atoms with van der Waals surface area (Å²) >= 11 is 0. The Hall–Kier alpha value is -0.410. The van der Waals surface area contributed by atoms with Crippen LogP contribution in [0.3, 0.4) is 0 Å². The molecule has 2 unspecified atom stereocenters. The van der Waals surface area contributed by atoms with Crippen LogP contribution in [0.2, 0.25) is 0 Å². The topological polar surface area (TPSA) is 29.5 Å². The van der Waals surface area contributed by atoms with Crippen molar-refractivity contribution in [2.75, 3.05) is 13.2 Å². The molecule has 0 spiro atoms. The van der Waals surface area contributed by atoms with Crippen molar-refractivity contribution in [3.05, 3.63) is 0 Å². The van der Waals surface area contributed by atoms with Crippen LogP contribution in [0.15, 0.2) is 0 Å². The van der Waals surface area contributed by atoms with Crippen molar-refractivity contribution in [1.82, 2.24) is 4.90 Å². The lowest BCUT2D eigenvalue weighted by molar-refractivity contribution is -0.121. The van der Waals surface area contributed by atoms with Crippen LogP contribution in [0.5, 0.6) is 0 Å². The molecule has 0 aromatic carbocycles. The number of rotatable bonds is 1. The molecule has 0 amide bonds. The van der Waals surface area contributed by atoms with E-state index in [0.29, 0.717) is 24.0 Å². The molecule has 0 aromatic rings. The number of morpholine rings is 1. The summed E-state index contributed by atoms with van der Waals surface area (Å²) in [4.78, 5) is 13.7. The van der Waals surface area contributed by atoms with E-state index in [1.165, 1.54) is 6.42 Å². The van der Waals surface area contributed by atoms with Crippen molar-refractivity contribution in [3.63, 3.8) is 0 Å². The number of ether oxygens (including phenoxy) is 1. The fourth-order valence-corrected chi connectivity index (χ4v) is 3.13. The van der Waals surface area contributed by atoms with Crippen molar-refractivity contribution in [2.24, 2.45) is 0 Å². The van der Waals surface area contributed by atoms with Gasteiger partial charge in [-0.05, 0) is 19.3 Å². The predicted molar refractivity (Wildman–Crippen MR) is 52.1 cm³/mol. The van der Waals surface area contributed by atoms with Gasteiger partial charge >= 0.3 is 0 Å². The van der Waals surface area contributed by atoms with Crippen molar-refractivity contribution < 1.29 is 9.53 Å². The van der Waals surface area contributed by atoms with E-state index in [0.717, 1.165) is 38.8 Å². The highest BCUT2D eigenvalue weighted by Crippen LogP contribution is 2.33. The number of fused-ring (bicyclic) bond motifs is 2. The second kappa shape index (κ2) is 3.31. The van der Waals surface area contributed by atoms with Gasteiger partial charge in [-0.15, -0.1) is 0 Å². The van der Waals surface area contributed by atoms with Crippen molar-refractivity contribution >= 4 is 5.78 Å². The van der Waals surface area contributed by atoms with Gasteiger partial charge in [0, 0.05) is 31.5 Å². The van der Waals surface area contributed by atoms with E-state index in [1.54, 1.807) is 0 Å². The number of nitrogens with zero attached hydrogens (tertiary/aromatic N) is 1. The van der Waals surface area contributed by atoms with Gasteiger partial charge in [-0.25, -0.2) is 0 Å². The van der Waals surface area contributed by atoms with Gasteiger partial charge in [-0.3, -0.25) is 9.69 Å². The molecule has 1 aliphatic carbocycles. The van der Waals surface area contributed by atoms with E-state index in [-0.39, 0.29) is 0 Å². The van der Waals surface area contributed by atoms with Gasteiger partial charge in [0.25, 0.3) is 0 Å². The highest BCUT2D eigenvalue weighted by Gasteiger charge is 2.42. The van der Waals surface area contributed by atoms with Crippen LogP contribution in [0.25, 0.3) is 0 Å². The Morgan fingerprint density at radius 3 is 2.57 bits per heavy atom. The normalized spacial score (nSPS) is 39.6. The zero-order valence-corrected chi connectivity index (χ0v) is 8.45. The average Bonchev–Trinajstić information content (AvgIpc) is 2.80. The largest absolute Gasteiger partial charge is 0.375 e. The smallest absolute Gasteiger partial charge is 0.133 e. The maximum absolute atomic E-state index is 11.1. The summed E-state index contributed by atoms with van der Waals surface area (Å²) in [7, 11) is 0. The summed E-state index contributed by atoms with van der Waals surface area (Å²) in [6.07, 6.45) is 5.51. The van der Waals surface area contributed by atoms with Crippen LogP contribution in [0, 0.1) is 0 Å². The Morgan fingerprint density at radius 1 is 1.21 bits per heavy atom. The number of hydrogen-bond acceptors (Lipinski definition) is 3. The van der Waals surface area contributed by atoms with Crippen LogP contribution in [0.4, 0.5) is 0 Å². The Morgan fingerprint density at radius 2 is 2.00 bits per heavy atom. The molecule has 3 fully saturated rings. The van der Waals surface area contributed by atoms with Crippen molar-refractivity contribution in [1.29, 1.82) is 0 Å². The van der Waals surface area contributed by atoms with Gasteiger partial charge in [0.15, 0.2) is 0 Å². The highest BCUT2D eigenvalue weighted by molar-refractivity contribution is 5.79. The van der Waals surface area contributed by atoms with Gasteiger partial charge in [0.1, 0.15) is 5.78 Å². The van der Waals surface area contributed by atoms with E-state index in [9.17, 15) is 4.79 Å². The molecular formula is C11H17NO2. The van der Waals surface area contributed by atoms with E-state index < -0.39 is 0 Å². The molecular weight excluding hydrogens is 178 g/mol. The third-order valence-electron chi connectivity index (χ3n) is 3.92. The molecule has 78 valence electrons. The molecule has 0 N–H and O–H groups in total. The molecule has 3 rings (SSSR count). The zero-order valence-electron chi connectivity index (χ0n) is 8.45. The van der Waals surface area contributed by atoms with Gasteiger partial charge in [-0.1, -0.05) is 0 Å². The SMILES string of the molecule is O=C1CCC(N2CC3CC2CO3)CC1. The summed E-state index contributed by atoms with van der Waals surface area (Å²) in [5.41, 5.74) is 0. The minimum Gasteiger partial charge on any atom is -0.375 e. The molecule has 3 aliphatic rings. The summed E-state index contributed by atoms with van der Waals surface area (Å²) in [5.74, 6) is 0.460. The summed E-state index contributed by atoms with van der Waals surface area (Å²) in [6.45, 7) is 2.04.